The molecular formula is C25H34N8O6S. The van der Waals surface area contributed by atoms with Crippen molar-refractivity contribution in [2.75, 3.05) is 95.9 Å². The minimum atomic E-state index is -0.429. The lowest BCUT2D eigenvalue weighted by Crippen LogP contribution is -2.45. The third-order valence-electron chi connectivity index (χ3n) is 5.38. The van der Waals surface area contributed by atoms with E-state index in [0.29, 0.717) is 37.3 Å². The highest BCUT2D eigenvalue weighted by Crippen LogP contribution is 2.40. The molecule has 3 rings (SSSR count). The van der Waals surface area contributed by atoms with Crippen molar-refractivity contribution in [3.05, 3.63) is 18.7 Å². The molecule has 40 heavy (non-hydrogen) atoms. The zero-order chi connectivity index (χ0) is 28.7. The smallest absolute Gasteiger partial charge is 0.248 e. The molecule has 1 fully saturated rings. The molecule has 0 aliphatic carbocycles. The molecule has 0 aromatic carbocycles. The molecule has 0 unspecified atom stereocenters. The summed E-state index contributed by atoms with van der Waals surface area (Å²) in [6.45, 7) is 8.66. The van der Waals surface area contributed by atoms with Crippen LogP contribution in [0.4, 0.5) is 17.6 Å². The summed E-state index contributed by atoms with van der Waals surface area (Å²) < 4.78 is 27.4. The number of methoxy groups -OCH3 is 1. The Morgan fingerprint density at radius 1 is 1.10 bits per heavy atom. The summed E-state index contributed by atoms with van der Waals surface area (Å²) in [4.78, 5) is 34.5. The fourth-order valence-corrected chi connectivity index (χ4v) is 4.26. The maximum absolute atomic E-state index is 11.8. The van der Waals surface area contributed by atoms with Crippen molar-refractivity contribution >= 4 is 35.3 Å². The lowest BCUT2D eigenvalue weighted by molar-refractivity contribution is -0.111. The number of nitrogens with one attached hydrogen (secondary N) is 1. The fourth-order valence-electron chi connectivity index (χ4n) is 3.37. The van der Waals surface area contributed by atoms with Crippen LogP contribution in [-0.2, 0) is 19.0 Å². The standard InChI is InChI=1S/C25H34N8O6S/c1-5-20(34)28-19-17-18(26)27-25(29-19)40-21-22(35-4)30-24(33-9-7-32(3)8-10-33)31-23(21)39-16-15-38-14-13-37-12-11-36-6-2/h2,5,17H,1,7-16H2,3-4H3,(H3,26,27,28,29,34). The summed E-state index contributed by atoms with van der Waals surface area (Å²) in [5.41, 5.74) is 5.96. The minimum absolute atomic E-state index is 0.162. The van der Waals surface area contributed by atoms with Gasteiger partial charge in [0.05, 0.1) is 33.5 Å². The molecule has 216 valence electrons. The van der Waals surface area contributed by atoms with E-state index in [0.717, 1.165) is 44.0 Å². The molecule has 15 heteroatoms. The van der Waals surface area contributed by atoms with Crippen LogP contribution in [0, 0.1) is 12.5 Å². The lowest BCUT2D eigenvalue weighted by atomic mass is 10.3. The molecule has 1 saturated heterocycles. The summed E-state index contributed by atoms with van der Waals surface area (Å²) in [6, 6.07) is 1.44. The summed E-state index contributed by atoms with van der Waals surface area (Å²) in [6.07, 6.45) is 8.23. The second-order valence-electron chi connectivity index (χ2n) is 8.25. The number of rotatable bonds is 16. The predicted molar refractivity (Wildman–Crippen MR) is 150 cm³/mol. The topological polar surface area (TPSA) is 159 Å². The highest BCUT2D eigenvalue weighted by molar-refractivity contribution is 7.99. The largest absolute Gasteiger partial charge is 0.480 e. The van der Waals surface area contributed by atoms with E-state index in [9.17, 15) is 4.79 Å². The summed E-state index contributed by atoms with van der Waals surface area (Å²) in [5, 5.41) is 2.82. The molecule has 2 aromatic rings. The molecule has 0 spiro atoms. The lowest BCUT2D eigenvalue weighted by Gasteiger charge is -2.32. The first-order chi connectivity index (χ1) is 19.4. The van der Waals surface area contributed by atoms with Crippen LogP contribution in [0.2, 0.25) is 0 Å². The van der Waals surface area contributed by atoms with Crippen LogP contribution in [0.15, 0.2) is 28.8 Å². The molecule has 0 saturated carbocycles. The Kier molecular flexibility index (Phi) is 12.5. The Bertz CT molecular complexity index is 1170. The average Bonchev–Trinajstić information content (AvgIpc) is 2.94. The Labute approximate surface area is 237 Å². The number of aromatic nitrogens is 4. The SMILES string of the molecule is C#COCCOCCOCCOc1nc(N2CCN(C)CC2)nc(OC)c1Sc1nc(N)cc(NC(=O)C=C)n1. The molecular weight excluding hydrogens is 540 g/mol. The zero-order valence-electron chi connectivity index (χ0n) is 22.6. The number of carbonyl (C=O) groups is 1. The predicted octanol–water partition coefficient (Wildman–Crippen LogP) is 0.904. The fraction of sp³-hybridized carbons (Fsp3) is 0.480. The number of hydrogen-bond acceptors (Lipinski definition) is 14. The van der Waals surface area contributed by atoms with Crippen molar-refractivity contribution in [3.63, 3.8) is 0 Å². The van der Waals surface area contributed by atoms with E-state index in [1.165, 1.54) is 13.2 Å². The van der Waals surface area contributed by atoms with E-state index < -0.39 is 5.91 Å². The molecule has 14 nitrogen and oxygen atoms in total. The Balaban J connectivity index is 1.75. The summed E-state index contributed by atoms with van der Waals surface area (Å²) in [5.74, 6) is 1.00. The number of nitrogens with two attached hydrogens (primary N) is 1. The van der Waals surface area contributed by atoms with Crippen LogP contribution in [0.25, 0.3) is 0 Å². The normalized spacial score (nSPS) is 13.4. The van der Waals surface area contributed by atoms with Gasteiger partial charge in [0.1, 0.15) is 35.9 Å². The van der Waals surface area contributed by atoms with Crippen molar-refractivity contribution < 1.29 is 28.5 Å². The van der Waals surface area contributed by atoms with Gasteiger partial charge in [-0.25, -0.2) is 9.97 Å². The van der Waals surface area contributed by atoms with Crippen molar-refractivity contribution in [1.29, 1.82) is 0 Å². The number of likely N-dealkylation sites (N-methyl/N-ethyl adjacent to an activating group) is 1. The average molecular weight is 575 g/mol. The van der Waals surface area contributed by atoms with E-state index in [2.05, 4.69) is 49.8 Å². The maximum Gasteiger partial charge on any atom is 0.248 e. The number of piperazine rings is 1. The molecule has 2 aromatic heterocycles. The van der Waals surface area contributed by atoms with Gasteiger partial charge in [0.15, 0.2) is 5.16 Å². The van der Waals surface area contributed by atoms with Gasteiger partial charge in [-0.1, -0.05) is 13.0 Å². The Morgan fingerprint density at radius 3 is 2.45 bits per heavy atom. The van der Waals surface area contributed by atoms with Gasteiger partial charge in [-0.15, -0.1) is 0 Å². The van der Waals surface area contributed by atoms with Gasteiger partial charge in [0, 0.05) is 32.2 Å². The van der Waals surface area contributed by atoms with Gasteiger partial charge in [0.25, 0.3) is 0 Å². The number of carbonyl (C=O) groups excluding carboxylic acids is 1. The van der Waals surface area contributed by atoms with Crippen LogP contribution in [0.3, 0.4) is 0 Å². The summed E-state index contributed by atoms with van der Waals surface area (Å²) in [7, 11) is 3.58. The van der Waals surface area contributed by atoms with Crippen molar-refractivity contribution in [2.24, 2.45) is 0 Å². The van der Waals surface area contributed by atoms with E-state index in [1.807, 2.05) is 0 Å². The number of amides is 1. The van der Waals surface area contributed by atoms with E-state index in [4.69, 9.17) is 40.8 Å². The first-order valence-electron chi connectivity index (χ1n) is 12.4. The minimum Gasteiger partial charge on any atom is -0.480 e. The number of anilines is 3. The molecule has 0 atom stereocenters. The first kappa shape index (κ1) is 30.7. The number of terminal acetylenes is 1. The quantitative estimate of drug-likeness (QED) is 0.126. The van der Waals surface area contributed by atoms with Crippen LogP contribution in [0.5, 0.6) is 11.8 Å². The van der Waals surface area contributed by atoms with Gasteiger partial charge in [-0.2, -0.15) is 9.97 Å². The molecule has 0 radical (unpaired) electrons. The van der Waals surface area contributed by atoms with Gasteiger partial charge >= 0.3 is 0 Å². The van der Waals surface area contributed by atoms with Crippen molar-refractivity contribution in [3.8, 4) is 24.3 Å². The molecule has 1 amide bonds. The molecule has 3 heterocycles. The number of ether oxygens (including phenoxy) is 5. The van der Waals surface area contributed by atoms with Gasteiger partial charge in [-0.3, -0.25) is 4.79 Å². The molecule has 3 N–H and O–H groups in total. The Morgan fingerprint density at radius 2 is 1.77 bits per heavy atom. The zero-order valence-corrected chi connectivity index (χ0v) is 23.4. The van der Waals surface area contributed by atoms with Crippen molar-refractivity contribution in [2.45, 2.75) is 10.1 Å². The highest BCUT2D eigenvalue weighted by atomic mass is 32.2. The van der Waals surface area contributed by atoms with Gasteiger partial charge in [-0.05, 0) is 24.9 Å². The van der Waals surface area contributed by atoms with Crippen molar-refractivity contribution in [1.82, 2.24) is 24.8 Å². The molecule has 0 bridgehead atoms. The highest BCUT2D eigenvalue weighted by Gasteiger charge is 2.24. The van der Waals surface area contributed by atoms with Crippen LogP contribution < -0.4 is 25.4 Å². The molecule has 1 aliphatic rings. The number of hydrogen-bond donors (Lipinski definition) is 2. The van der Waals surface area contributed by atoms with Crippen LogP contribution in [0.1, 0.15) is 0 Å². The third kappa shape index (κ3) is 9.72. The Hall–Kier alpha value is -3.84. The number of nitrogen functional groups attached to an aromatic ring is 1. The number of nitrogens with zero attached hydrogens (tertiary/aromatic N) is 6. The first-order valence-corrected chi connectivity index (χ1v) is 13.3. The monoisotopic (exact) mass is 574 g/mol. The van der Waals surface area contributed by atoms with Crippen LogP contribution >= 0.6 is 11.8 Å². The second-order valence-corrected chi connectivity index (χ2v) is 9.23. The maximum atomic E-state index is 11.8. The van der Waals surface area contributed by atoms with Gasteiger partial charge in [0.2, 0.25) is 23.6 Å². The summed E-state index contributed by atoms with van der Waals surface area (Å²) >= 11 is 1.10. The van der Waals surface area contributed by atoms with Gasteiger partial charge < -0.3 is 44.5 Å². The van der Waals surface area contributed by atoms with E-state index >= 15 is 0 Å². The molecule has 1 aliphatic heterocycles. The van der Waals surface area contributed by atoms with Crippen LogP contribution in [-0.4, -0.2) is 111 Å². The second kappa shape index (κ2) is 16.3. The van der Waals surface area contributed by atoms with E-state index in [1.54, 1.807) is 0 Å². The van der Waals surface area contributed by atoms with E-state index in [-0.39, 0.29) is 41.8 Å². The third-order valence-corrected chi connectivity index (χ3v) is 6.30.